The summed E-state index contributed by atoms with van der Waals surface area (Å²) in [6, 6.07) is 0. The number of phosphoric acid groups is 1. The predicted molar refractivity (Wildman–Crippen MR) is 178 cm³/mol. The van der Waals surface area contributed by atoms with Gasteiger partial charge in [0.1, 0.15) is 19.3 Å². The van der Waals surface area contributed by atoms with E-state index >= 15 is 0 Å². The quantitative estimate of drug-likeness (QED) is 0.0292. The molecular formula is C34H63NO7P+. The van der Waals surface area contributed by atoms with Gasteiger partial charge >= 0.3 is 13.8 Å². The minimum absolute atomic E-state index is 0.0820. The first-order valence-corrected chi connectivity index (χ1v) is 17.9. The molecule has 0 radical (unpaired) electrons. The molecule has 0 heterocycles. The number of likely N-dealkylation sites (N-methyl/N-ethyl adjacent to an activating group) is 1. The molecule has 2 atom stereocenters. The number of nitrogens with zero attached hydrogens (tertiary/aromatic N) is 1. The molecule has 0 rings (SSSR count). The van der Waals surface area contributed by atoms with Gasteiger partial charge in [-0.05, 0) is 51.4 Å². The van der Waals surface area contributed by atoms with Gasteiger partial charge in [-0.2, -0.15) is 0 Å². The zero-order valence-electron chi connectivity index (χ0n) is 27.9. The summed E-state index contributed by atoms with van der Waals surface area (Å²) in [5, 5.41) is 0. The normalized spacial score (nSPS) is 14.8. The minimum Gasteiger partial charge on any atom is -0.457 e. The van der Waals surface area contributed by atoms with Crippen molar-refractivity contribution in [1.82, 2.24) is 0 Å². The lowest BCUT2D eigenvalue weighted by molar-refractivity contribution is -0.870. The van der Waals surface area contributed by atoms with Crippen LogP contribution in [0.25, 0.3) is 0 Å². The Morgan fingerprint density at radius 1 is 0.744 bits per heavy atom. The predicted octanol–water partition coefficient (Wildman–Crippen LogP) is 8.48. The topological polar surface area (TPSA) is 91.3 Å². The highest BCUT2D eigenvalue weighted by molar-refractivity contribution is 7.47. The maximum Gasteiger partial charge on any atom is 0.472 e. The van der Waals surface area contributed by atoms with Crippen LogP contribution in [-0.2, 0) is 27.9 Å². The molecule has 0 aliphatic carbocycles. The molecule has 0 aromatic rings. The Balaban J connectivity index is 4.13. The van der Waals surface area contributed by atoms with Crippen LogP contribution >= 0.6 is 7.82 Å². The Bertz CT molecular complexity index is 833. The largest absolute Gasteiger partial charge is 0.472 e. The van der Waals surface area contributed by atoms with Crippen molar-refractivity contribution in [3.05, 3.63) is 48.6 Å². The van der Waals surface area contributed by atoms with Crippen molar-refractivity contribution in [1.29, 1.82) is 0 Å². The lowest BCUT2D eigenvalue weighted by atomic mass is 10.1. The zero-order chi connectivity index (χ0) is 32.1. The number of carbonyl (C=O) groups is 1. The summed E-state index contributed by atoms with van der Waals surface area (Å²) >= 11 is 0. The number of hydrogen-bond donors (Lipinski definition) is 1. The number of quaternary nitrogens is 1. The lowest BCUT2D eigenvalue weighted by Crippen LogP contribution is -2.37. The second-order valence-corrected chi connectivity index (χ2v) is 13.3. The second-order valence-electron chi connectivity index (χ2n) is 11.8. The molecule has 0 aromatic heterocycles. The number of rotatable bonds is 29. The van der Waals surface area contributed by atoms with Gasteiger partial charge in [0.05, 0.1) is 34.4 Å². The van der Waals surface area contributed by atoms with Gasteiger partial charge in [-0.1, -0.05) is 94.6 Å². The van der Waals surface area contributed by atoms with E-state index < -0.39 is 13.9 Å². The van der Waals surface area contributed by atoms with Gasteiger partial charge in [-0.25, -0.2) is 4.57 Å². The Hall–Kier alpha value is -1.54. The maximum atomic E-state index is 12.3. The first-order chi connectivity index (χ1) is 20.6. The summed E-state index contributed by atoms with van der Waals surface area (Å²) < 4.78 is 34.3. The molecule has 8 nitrogen and oxygen atoms in total. The Kier molecular flexibility index (Phi) is 27.0. The van der Waals surface area contributed by atoms with Crippen molar-refractivity contribution in [2.24, 2.45) is 0 Å². The van der Waals surface area contributed by atoms with Crippen LogP contribution in [0.5, 0.6) is 0 Å². The molecule has 1 N–H and O–H groups in total. The van der Waals surface area contributed by atoms with Crippen molar-refractivity contribution >= 4 is 13.8 Å². The molecule has 0 aliphatic heterocycles. The Morgan fingerprint density at radius 3 is 1.98 bits per heavy atom. The van der Waals surface area contributed by atoms with Gasteiger partial charge in [-0.3, -0.25) is 13.8 Å². The fourth-order valence-electron chi connectivity index (χ4n) is 3.83. The van der Waals surface area contributed by atoms with E-state index in [0.717, 1.165) is 70.6 Å². The first kappa shape index (κ1) is 41.5. The molecule has 0 aromatic carbocycles. The van der Waals surface area contributed by atoms with Crippen LogP contribution in [-0.4, -0.2) is 75.6 Å². The van der Waals surface area contributed by atoms with Crippen molar-refractivity contribution in [3.63, 3.8) is 0 Å². The number of hydrogen-bond acceptors (Lipinski definition) is 6. The van der Waals surface area contributed by atoms with Gasteiger partial charge in [0, 0.05) is 13.0 Å². The van der Waals surface area contributed by atoms with E-state index in [0.29, 0.717) is 24.1 Å². The number of unbranched alkanes of at least 4 members (excludes halogenated alkanes) is 7. The Morgan fingerprint density at radius 2 is 1.35 bits per heavy atom. The number of esters is 1. The highest BCUT2D eigenvalue weighted by atomic mass is 31.2. The van der Waals surface area contributed by atoms with Crippen molar-refractivity contribution in [2.45, 2.75) is 110 Å². The van der Waals surface area contributed by atoms with E-state index in [2.05, 4.69) is 62.5 Å². The average molecular weight is 629 g/mol. The summed E-state index contributed by atoms with van der Waals surface area (Å²) in [7, 11) is 1.64. The van der Waals surface area contributed by atoms with Crippen molar-refractivity contribution < 1.29 is 37.3 Å². The van der Waals surface area contributed by atoms with Gasteiger partial charge < -0.3 is 18.9 Å². The second kappa shape index (κ2) is 28.0. The number of ether oxygens (including phenoxy) is 2. The summed E-state index contributed by atoms with van der Waals surface area (Å²) in [4.78, 5) is 22.3. The third kappa shape index (κ3) is 31.7. The number of allylic oxidation sites excluding steroid dienone is 8. The molecule has 0 spiro atoms. The van der Waals surface area contributed by atoms with Crippen molar-refractivity contribution in [2.75, 3.05) is 54.1 Å². The summed E-state index contributed by atoms with van der Waals surface area (Å²) in [5.74, 6) is -0.349. The van der Waals surface area contributed by atoms with E-state index in [4.69, 9.17) is 18.5 Å². The molecule has 0 saturated heterocycles. The third-order valence-corrected chi connectivity index (χ3v) is 7.39. The van der Waals surface area contributed by atoms with Crippen molar-refractivity contribution in [3.8, 4) is 0 Å². The van der Waals surface area contributed by atoms with Crippen LogP contribution < -0.4 is 0 Å². The Labute approximate surface area is 263 Å². The molecule has 250 valence electrons. The van der Waals surface area contributed by atoms with Crippen LogP contribution in [0.3, 0.4) is 0 Å². The molecule has 0 aliphatic rings. The lowest BCUT2D eigenvalue weighted by Gasteiger charge is -2.24. The summed E-state index contributed by atoms with van der Waals surface area (Å²) in [5.41, 5.74) is 0. The SMILES string of the molecule is CC/C=C\C/C=C\C/C=C\C/C=C\CCCCCCCOCC(COP(=O)(O)OCC[N+](C)(C)C)OC(=O)CCCCC. The standard InChI is InChI=1S/C34H62NO7P/c1-6-8-10-11-12-13-14-15-16-17-18-19-20-21-22-23-24-26-29-39-31-33(42-34(36)27-25-9-7-2)32-41-43(37,38)40-30-28-35(3,4)5/h8,10,12-13,15-16,18-19,33H,6-7,9,11,14,17,20-32H2,1-5H3/p+1/b10-8-,13-12-,16-15-,19-18-. The molecule has 0 fully saturated rings. The monoisotopic (exact) mass is 628 g/mol. The number of phosphoric ester groups is 1. The van der Waals surface area contributed by atoms with E-state index in [1.165, 1.54) is 12.8 Å². The molecule has 43 heavy (non-hydrogen) atoms. The third-order valence-electron chi connectivity index (χ3n) is 6.40. The zero-order valence-corrected chi connectivity index (χ0v) is 28.8. The fourth-order valence-corrected chi connectivity index (χ4v) is 4.58. The van der Waals surface area contributed by atoms with Gasteiger partial charge in [0.25, 0.3) is 0 Å². The smallest absolute Gasteiger partial charge is 0.457 e. The van der Waals surface area contributed by atoms with E-state index in [9.17, 15) is 14.3 Å². The van der Waals surface area contributed by atoms with Crippen LogP contribution in [0.1, 0.15) is 104 Å². The first-order valence-electron chi connectivity index (χ1n) is 16.4. The van der Waals surface area contributed by atoms with E-state index in [1.54, 1.807) is 0 Å². The average Bonchev–Trinajstić information content (AvgIpc) is 2.94. The fraction of sp³-hybridized carbons (Fsp3) is 0.735. The van der Waals surface area contributed by atoms with Gasteiger partial charge in [0.2, 0.25) is 0 Å². The highest BCUT2D eigenvalue weighted by Crippen LogP contribution is 2.43. The van der Waals surface area contributed by atoms with E-state index in [-0.39, 0.29) is 25.8 Å². The molecule has 0 bridgehead atoms. The molecule has 0 amide bonds. The van der Waals surface area contributed by atoms with Crippen LogP contribution in [0.4, 0.5) is 0 Å². The molecule has 0 saturated carbocycles. The van der Waals surface area contributed by atoms with Gasteiger partial charge in [-0.15, -0.1) is 0 Å². The van der Waals surface area contributed by atoms with Crippen LogP contribution in [0.2, 0.25) is 0 Å². The molecular weight excluding hydrogens is 565 g/mol. The molecule has 9 heteroatoms. The molecule has 2 unspecified atom stereocenters. The van der Waals surface area contributed by atoms with Crippen LogP contribution in [0.15, 0.2) is 48.6 Å². The highest BCUT2D eigenvalue weighted by Gasteiger charge is 2.26. The maximum absolute atomic E-state index is 12.3. The van der Waals surface area contributed by atoms with Crippen LogP contribution in [0, 0.1) is 0 Å². The summed E-state index contributed by atoms with van der Waals surface area (Å²) in [6.45, 7) is 5.25. The summed E-state index contributed by atoms with van der Waals surface area (Å²) in [6.07, 6.45) is 30.7. The van der Waals surface area contributed by atoms with E-state index in [1.807, 2.05) is 21.1 Å². The minimum atomic E-state index is -4.25. The van der Waals surface area contributed by atoms with Gasteiger partial charge in [0.15, 0.2) is 0 Å². The number of carbonyl (C=O) groups excluding carboxylic acids is 1.